The fraction of sp³-hybridized carbons (Fsp3) is 0.556. The van der Waals surface area contributed by atoms with Gasteiger partial charge in [0.25, 0.3) is 5.91 Å². The Morgan fingerprint density at radius 3 is 3.04 bits per heavy atom. The zero-order chi connectivity index (χ0) is 18.0. The summed E-state index contributed by atoms with van der Waals surface area (Å²) in [5.74, 6) is 1.29. The number of carbonyl (C=O) groups is 1. The van der Waals surface area contributed by atoms with Crippen molar-refractivity contribution in [1.82, 2.24) is 20.4 Å². The first-order valence-electron chi connectivity index (χ1n) is 9.14. The smallest absolute Gasteiger partial charge is 0.273 e. The van der Waals surface area contributed by atoms with E-state index in [1.165, 1.54) is 0 Å². The van der Waals surface area contributed by atoms with Gasteiger partial charge < -0.3 is 19.8 Å². The Kier molecular flexibility index (Phi) is 4.58. The van der Waals surface area contributed by atoms with Crippen molar-refractivity contribution in [3.05, 3.63) is 35.6 Å². The summed E-state index contributed by atoms with van der Waals surface area (Å²) in [4.78, 5) is 22.9. The van der Waals surface area contributed by atoms with Crippen LogP contribution < -0.4 is 10.2 Å². The molecule has 1 aliphatic carbocycles. The Labute approximate surface area is 151 Å². The summed E-state index contributed by atoms with van der Waals surface area (Å²) < 4.78 is 5.30. The van der Waals surface area contributed by atoms with Gasteiger partial charge in [-0.1, -0.05) is 5.16 Å². The van der Waals surface area contributed by atoms with Crippen LogP contribution in [-0.2, 0) is 12.8 Å². The maximum absolute atomic E-state index is 12.5. The quantitative estimate of drug-likeness (QED) is 0.844. The molecule has 1 atom stereocenters. The third-order valence-electron chi connectivity index (χ3n) is 5.17. The van der Waals surface area contributed by atoms with Gasteiger partial charge >= 0.3 is 0 Å². The van der Waals surface area contributed by atoms with Gasteiger partial charge in [-0.15, -0.1) is 0 Å². The van der Waals surface area contributed by atoms with Gasteiger partial charge in [-0.05, 0) is 32.1 Å². The number of amides is 1. The fourth-order valence-electron chi connectivity index (χ4n) is 3.80. The summed E-state index contributed by atoms with van der Waals surface area (Å²) in [5.41, 5.74) is 0.283. The Balaban J connectivity index is 1.40. The molecular formula is C18H23N5O3. The number of aryl methyl sites for hydroxylation is 1. The molecule has 2 aliphatic rings. The summed E-state index contributed by atoms with van der Waals surface area (Å²) in [6.07, 6.45) is 10.2. The molecule has 8 heteroatoms. The summed E-state index contributed by atoms with van der Waals surface area (Å²) in [5, 5.41) is 17.7. The molecular weight excluding hydrogens is 334 g/mol. The molecule has 4 rings (SSSR count). The molecule has 0 bridgehead atoms. The van der Waals surface area contributed by atoms with Crippen molar-refractivity contribution >= 4 is 11.7 Å². The minimum Gasteiger partial charge on any atom is -0.386 e. The van der Waals surface area contributed by atoms with Crippen LogP contribution in [0, 0.1) is 0 Å². The van der Waals surface area contributed by atoms with Crippen LogP contribution in [-0.4, -0.2) is 51.4 Å². The molecule has 138 valence electrons. The minimum absolute atomic E-state index is 0.171. The highest BCUT2D eigenvalue weighted by molar-refractivity contribution is 5.93. The Bertz CT molecular complexity index is 778. The lowest BCUT2D eigenvalue weighted by atomic mass is 9.92. The highest BCUT2D eigenvalue weighted by Gasteiger charge is 2.35. The second-order valence-corrected chi connectivity index (χ2v) is 7.14. The average molecular weight is 357 g/mol. The normalized spacial score (nSPS) is 22.7. The second-order valence-electron chi connectivity index (χ2n) is 7.14. The van der Waals surface area contributed by atoms with Crippen LogP contribution in [0.4, 0.5) is 5.82 Å². The third-order valence-corrected chi connectivity index (χ3v) is 5.17. The van der Waals surface area contributed by atoms with Gasteiger partial charge in [0.1, 0.15) is 11.6 Å². The molecule has 1 amide bonds. The first-order valence-corrected chi connectivity index (χ1v) is 9.14. The van der Waals surface area contributed by atoms with Crippen molar-refractivity contribution in [2.45, 2.75) is 44.1 Å². The van der Waals surface area contributed by atoms with Crippen LogP contribution in [0.1, 0.15) is 47.5 Å². The number of anilines is 1. The van der Waals surface area contributed by atoms with E-state index in [0.29, 0.717) is 18.7 Å². The zero-order valence-electron chi connectivity index (χ0n) is 14.6. The van der Waals surface area contributed by atoms with E-state index < -0.39 is 5.60 Å². The molecule has 2 aromatic heterocycles. The predicted octanol–water partition coefficient (Wildman–Crippen LogP) is 1.10. The first kappa shape index (κ1) is 17.0. The SMILES string of the molecule is O=C(NCC1(O)CCCN(c2cnccn2)C1)c1noc2c1CCCC2. The van der Waals surface area contributed by atoms with E-state index in [4.69, 9.17) is 4.52 Å². The van der Waals surface area contributed by atoms with Gasteiger partial charge in [0.2, 0.25) is 0 Å². The van der Waals surface area contributed by atoms with E-state index in [2.05, 4.69) is 20.4 Å². The van der Waals surface area contributed by atoms with Crippen LogP contribution in [0.2, 0.25) is 0 Å². The van der Waals surface area contributed by atoms with Crippen molar-refractivity contribution in [1.29, 1.82) is 0 Å². The van der Waals surface area contributed by atoms with E-state index in [1.807, 2.05) is 4.90 Å². The van der Waals surface area contributed by atoms with Crippen molar-refractivity contribution in [3.8, 4) is 0 Å². The number of hydrogen-bond acceptors (Lipinski definition) is 7. The Hall–Kier alpha value is -2.48. The zero-order valence-corrected chi connectivity index (χ0v) is 14.6. The van der Waals surface area contributed by atoms with Crippen molar-refractivity contribution in [2.24, 2.45) is 0 Å². The van der Waals surface area contributed by atoms with Crippen molar-refractivity contribution in [3.63, 3.8) is 0 Å². The maximum atomic E-state index is 12.5. The Morgan fingerprint density at radius 1 is 1.31 bits per heavy atom. The molecule has 0 radical (unpaired) electrons. The van der Waals surface area contributed by atoms with Gasteiger partial charge in [0.15, 0.2) is 5.69 Å². The van der Waals surface area contributed by atoms with Gasteiger partial charge in [0, 0.05) is 44.0 Å². The molecule has 1 fully saturated rings. The van der Waals surface area contributed by atoms with E-state index >= 15 is 0 Å². The molecule has 0 aromatic carbocycles. The standard InChI is InChI=1S/C18H23N5O3/c24-17(16-13-4-1-2-5-14(13)26-22-16)21-11-18(25)6-3-9-23(12-18)15-10-19-7-8-20-15/h7-8,10,25H,1-6,9,11-12H2,(H,21,24). The predicted molar refractivity (Wildman–Crippen MR) is 93.9 cm³/mol. The molecule has 1 saturated heterocycles. The fourth-order valence-corrected chi connectivity index (χ4v) is 3.80. The van der Waals surface area contributed by atoms with E-state index in [9.17, 15) is 9.90 Å². The van der Waals surface area contributed by atoms with E-state index in [-0.39, 0.29) is 12.5 Å². The number of β-amino-alcohol motifs (C(OH)–C–C–N with tert-alkyl or cyclic N) is 1. The molecule has 3 heterocycles. The lowest BCUT2D eigenvalue weighted by Crippen LogP contribution is -2.54. The number of carbonyl (C=O) groups excluding carboxylic acids is 1. The third kappa shape index (κ3) is 3.41. The molecule has 1 unspecified atom stereocenters. The van der Waals surface area contributed by atoms with E-state index in [1.54, 1.807) is 18.6 Å². The van der Waals surface area contributed by atoms with E-state index in [0.717, 1.165) is 55.8 Å². The topological polar surface area (TPSA) is 104 Å². The summed E-state index contributed by atoms with van der Waals surface area (Å²) in [6, 6.07) is 0. The monoisotopic (exact) mass is 357 g/mol. The second kappa shape index (κ2) is 7.03. The number of nitrogens with one attached hydrogen (secondary N) is 1. The number of nitrogens with zero attached hydrogens (tertiary/aromatic N) is 4. The summed E-state index contributed by atoms with van der Waals surface area (Å²) >= 11 is 0. The van der Waals surface area contributed by atoms with Crippen LogP contribution >= 0.6 is 0 Å². The molecule has 8 nitrogen and oxygen atoms in total. The van der Waals surface area contributed by atoms with Gasteiger partial charge in [-0.25, -0.2) is 4.98 Å². The molecule has 0 saturated carbocycles. The number of fused-ring (bicyclic) bond motifs is 1. The lowest BCUT2D eigenvalue weighted by Gasteiger charge is -2.39. The molecule has 1 aliphatic heterocycles. The number of rotatable bonds is 4. The lowest BCUT2D eigenvalue weighted by molar-refractivity contribution is 0.0253. The minimum atomic E-state index is -1.00. The molecule has 2 N–H and O–H groups in total. The van der Waals surface area contributed by atoms with Gasteiger partial charge in [0.05, 0.1) is 11.8 Å². The first-order chi connectivity index (χ1) is 12.6. The van der Waals surface area contributed by atoms with Crippen LogP contribution in [0.3, 0.4) is 0 Å². The molecule has 0 spiro atoms. The van der Waals surface area contributed by atoms with Crippen LogP contribution in [0.5, 0.6) is 0 Å². The largest absolute Gasteiger partial charge is 0.386 e. The van der Waals surface area contributed by atoms with Crippen molar-refractivity contribution in [2.75, 3.05) is 24.5 Å². The maximum Gasteiger partial charge on any atom is 0.273 e. The molecule has 2 aromatic rings. The number of aliphatic hydroxyl groups is 1. The molecule has 26 heavy (non-hydrogen) atoms. The van der Waals surface area contributed by atoms with Gasteiger partial charge in [-0.2, -0.15) is 0 Å². The summed E-state index contributed by atoms with van der Waals surface area (Å²) in [7, 11) is 0. The number of piperidine rings is 1. The highest BCUT2D eigenvalue weighted by atomic mass is 16.5. The Morgan fingerprint density at radius 2 is 2.19 bits per heavy atom. The highest BCUT2D eigenvalue weighted by Crippen LogP contribution is 2.26. The van der Waals surface area contributed by atoms with Gasteiger partial charge in [-0.3, -0.25) is 9.78 Å². The van der Waals surface area contributed by atoms with Crippen LogP contribution in [0.25, 0.3) is 0 Å². The summed E-state index contributed by atoms with van der Waals surface area (Å²) in [6.45, 7) is 1.39. The average Bonchev–Trinajstić information content (AvgIpc) is 3.11. The number of aromatic nitrogens is 3. The van der Waals surface area contributed by atoms with Crippen molar-refractivity contribution < 1.29 is 14.4 Å². The number of hydrogen-bond donors (Lipinski definition) is 2. The van der Waals surface area contributed by atoms with Crippen LogP contribution in [0.15, 0.2) is 23.1 Å².